The number of nitrogens with two attached hydrogens (primary N) is 1. The van der Waals surface area contributed by atoms with Gasteiger partial charge in [-0.15, -0.1) is 0 Å². The predicted molar refractivity (Wildman–Crippen MR) is 37.7 cm³/mol. The summed E-state index contributed by atoms with van der Waals surface area (Å²) in [4.78, 5) is 10.7. The Morgan fingerprint density at radius 1 is 1.80 bits per heavy atom. The molecule has 0 fully saturated rings. The summed E-state index contributed by atoms with van der Waals surface area (Å²) in [7, 11) is 0. The van der Waals surface area contributed by atoms with E-state index >= 15 is 0 Å². The van der Waals surface area contributed by atoms with Gasteiger partial charge in [0.15, 0.2) is 0 Å². The molecule has 0 aliphatic carbocycles. The van der Waals surface area contributed by atoms with E-state index in [4.69, 9.17) is 11.1 Å². The van der Waals surface area contributed by atoms with E-state index in [0.717, 1.165) is 0 Å². The van der Waals surface area contributed by atoms with Crippen LogP contribution in [0.3, 0.4) is 0 Å². The molecule has 0 aromatic carbocycles. The average Bonchev–Trinajstić information content (AvgIpc) is 1.87. The topological polar surface area (TPSA) is 76.2 Å². The Bertz CT molecular complexity index is 145. The first kappa shape index (κ1) is 8.94. The largest absolute Gasteiger partial charge is 0.465 e. The molecular weight excluding hydrogens is 132 g/mol. The molecule has 0 aliphatic heterocycles. The maximum atomic E-state index is 10.7. The maximum absolute atomic E-state index is 10.7. The summed E-state index contributed by atoms with van der Waals surface area (Å²) in [6.45, 7) is 3.58. The highest BCUT2D eigenvalue weighted by molar-refractivity contribution is 5.97. The number of esters is 1. The van der Waals surface area contributed by atoms with Crippen LogP contribution in [0.1, 0.15) is 13.8 Å². The number of hydrogen-bond donors (Lipinski definition) is 2. The molecule has 0 spiro atoms. The van der Waals surface area contributed by atoms with Gasteiger partial charge in [-0.05, 0) is 13.8 Å². The Hall–Kier alpha value is -1.06. The molecular formula is C6H12N2O2. The van der Waals surface area contributed by atoms with Gasteiger partial charge in [0.1, 0.15) is 11.8 Å². The zero-order valence-corrected chi connectivity index (χ0v) is 6.18. The second-order valence-electron chi connectivity index (χ2n) is 1.93. The molecule has 0 aromatic rings. The molecule has 0 bridgehead atoms. The maximum Gasteiger partial charge on any atom is 0.316 e. The molecule has 4 heteroatoms. The summed E-state index contributed by atoms with van der Waals surface area (Å²) < 4.78 is 4.61. The highest BCUT2D eigenvalue weighted by Crippen LogP contribution is 1.96. The Morgan fingerprint density at radius 2 is 2.30 bits per heavy atom. The Labute approximate surface area is 59.9 Å². The summed E-state index contributed by atoms with van der Waals surface area (Å²) in [5.74, 6) is -1.20. The fourth-order valence-corrected chi connectivity index (χ4v) is 0.394. The third-order valence-electron chi connectivity index (χ3n) is 1.11. The molecule has 3 N–H and O–H groups in total. The third-order valence-corrected chi connectivity index (χ3v) is 1.11. The van der Waals surface area contributed by atoms with Crippen molar-refractivity contribution in [3.8, 4) is 0 Å². The minimum atomic E-state index is -0.611. The third kappa shape index (κ3) is 2.48. The van der Waals surface area contributed by atoms with Crippen LogP contribution in [0.25, 0.3) is 0 Å². The summed E-state index contributed by atoms with van der Waals surface area (Å²) in [5.41, 5.74) is 5.05. The molecule has 0 amide bonds. The highest BCUT2D eigenvalue weighted by atomic mass is 16.5. The van der Waals surface area contributed by atoms with Crippen molar-refractivity contribution in [1.29, 1.82) is 5.41 Å². The van der Waals surface area contributed by atoms with Crippen LogP contribution in [0.4, 0.5) is 0 Å². The fourth-order valence-electron chi connectivity index (χ4n) is 0.394. The minimum Gasteiger partial charge on any atom is -0.465 e. The molecule has 4 nitrogen and oxygen atoms in total. The van der Waals surface area contributed by atoms with Gasteiger partial charge in [0.2, 0.25) is 0 Å². The van der Waals surface area contributed by atoms with E-state index in [9.17, 15) is 4.79 Å². The number of hydrogen-bond acceptors (Lipinski definition) is 3. The molecule has 0 saturated heterocycles. The normalized spacial score (nSPS) is 12.2. The van der Waals surface area contributed by atoms with Gasteiger partial charge in [0.25, 0.3) is 0 Å². The van der Waals surface area contributed by atoms with E-state index in [1.165, 1.54) is 0 Å². The predicted octanol–water partition coefficient (Wildman–Crippen LogP) is 0.122. The molecule has 10 heavy (non-hydrogen) atoms. The van der Waals surface area contributed by atoms with E-state index in [-0.39, 0.29) is 5.84 Å². The number of ether oxygens (including phenoxy) is 1. The van der Waals surface area contributed by atoms with E-state index < -0.39 is 11.9 Å². The van der Waals surface area contributed by atoms with Crippen LogP contribution in [0.5, 0.6) is 0 Å². The van der Waals surface area contributed by atoms with Crippen LogP contribution in [0, 0.1) is 11.3 Å². The zero-order chi connectivity index (χ0) is 8.15. The van der Waals surface area contributed by atoms with Crippen molar-refractivity contribution in [3.05, 3.63) is 0 Å². The first-order valence-corrected chi connectivity index (χ1v) is 3.10. The van der Waals surface area contributed by atoms with Gasteiger partial charge in [-0.2, -0.15) is 0 Å². The highest BCUT2D eigenvalue weighted by Gasteiger charge is 2.15. The monoisotopic (exact) mass is 144 g/mol. The van der Waals surface area contributed by atoms with Crippen LogP contribution >= 0.6 is 0 Å². The first-order chi connectivity index (χ1) is 4.59. The lowest BCUT2D eigenvalue weighted by molar-refractivity contribution is -0.145. The quantitative estimate of drug-likeness (QED) is 0.335. The van der Waals surface area contributed by atoms with Crippen LogP contribution in [-0.2, 0) is 9.53 Å². The Kier molecular flexibility index (Phi) is 3.46. The molecule has 0 rings (SSSR count). The first-order valence-electron chi connectivity index (χ1n) is 3.10. The number of amidine groups is 1. The molecule has 0 radical (unpaired) electrons. The van der Waals surface area contributed by atoms with Crippen LogP contribution < -0.4 is 5.73 Å². The minimum absolute atomic E-state index is 0.154. The van der Waals surface area contributed by atoms with Crippen LogP contribution in [-0.4, -0.2) is 18.4 Å². The van der Waals surface area contributed by atoms with Gasteiger partial charge in [-0.3, -0.25) is 10.2 Å². The van der Waals surface area contributed by atoms with Gasteiger partial charge >= 0.3 is 5.97 Å². The van der Waals surface area contributed by atoms with E-state index in [0.29, 0.717) is 6.61 Å². The summed E-state index contributed by atoms with van der Waals surface area (Å²) in [6.07, 6.45) is 0. The van der Waals surface area contributed by atoms with E-state index in [1.807, 2.05) is 0 Å². The lowest BCUT2D eigenvalue weighted by atomic mass is 10.2. The molecule has 58 valence electrons. The number of rotatable bonds is 3. The smallest absolute Gasteiger partial charge is 0.316 e. The van der Waals surface area contributed by atoms with Crippen molar-refractivity contribution < 1.29 is 9.53 Å². The molecule has 0 heterocycles. The lowest BCUT2D eigenvalue weighted by Gasteiger charge is -2.06. The summed E-state index contributed by atoms with van der Waals surface area (Å²) >= 11 is 0. The summed E-state index contributed by atoms with van der Waals surface area (Å²) in [6, 6.07) is 0. The van der Waals surface area contributed by atoms with E-state index in [2.05, 4.69) is 4.74 Å². The van der Waals surface area contributed by atoms with Crippen LogP contribution in [0.15, 0.2) is 0 Å². The van der Waals surface area contributed by atoms with Crippen molar-refractivity contribution >= 4 is 11.8 Å². The Balaban J connectivity index is 3.82. The number of carbonyl (C=O) groups is 1. The summed E-state index contributed by atoms with van der Waals surface area (Å²) in [5, 5.41) is 6.89. The Morgan fingerprint density at radius 3 is 2.60 bits per heavy atom. The van der Waals surface area contributed by atoms with Crippen molar-refractivity contribution in [3.63, 3.8) is 0 Å². The number of nitrogens with one attached hydrogen (secondary N) is 1. The fraction of sp³-hybridized carbons (Fsp3) is 0.667. The molecule has 0 saturated carbocycles. The average molecular weight is 144 g/mol. The molecule has 0 aliphatic rings. The van der Waals surface area contributed by atoms with E-state index in [1.54, 1.807) is 13.8 Å². The van der Waals surface area contributed by atoms with Gasteiger partial charge in [-0.25, -0.2) is 0 Å². The van der Waals surface area contributed by atoms with Crippen molar-refractivity contribution in [1.82, 2.24) is 0 Å². The van der Waals surface area contributed by atoms with Crippen molar-refractivity contribution in [2.75, 3.05) is 6.61 Å². The number of carbonyl (C=O) groups excluding carboxylic acids is 1. The van der Waals surface area contributed by atoms with Gasteiger partial charge in [-0.1, -0.05) is 0 Å². The second kappa shape index (κ2) is 3.87. The van der Waals surface area contributed by atoms with Gasteiger partial charge < -0.3 is 10.5 Å². The van der Waals surface area contributed by atoms with Crippen molar-refractivity contribution in [2.24, 2.45) is 11.7 Å². The molecule has 1 atom stereocenters. The molecule has 0 aromatic heterocycles. The lowest BCUT2D eigenvalue weighted by Crippen LogP contribution is -2.28. The van der Waals surface area contributed by atoms with Gasteiger partial charge in [0, 0.05) is 0 Å². The van der Waals surface area contributed by atoms with Crippen molar-refractivity contribution in [2.45, 2.75) is 13.8 Å². The standard InChI is InChI=1S/C6H12N2O2/c1-3-10-6(9)4(2)5(7)8/h4H,3H2,1-2H3,(H3,7,8)/t4-/m0/s1. The van der Waals surface area contributed by atoms with Crippen LogP contribution in [0.2, 0.25) is 0 Å². The molecule has 0 unspecified atom stereocenters. The second-order valence-corrected chi connectivity index (χ2v) is 1.93. The SMILES string of the molecule is CCOC(=O)[C@@H](C)C(=N)N. The van der Waals surface area contributed by atoms with Gasteiger partial charge in [0.05, 0.1) is 6.61 Å². The zero-order valence-electron chi connectivity index (χ0n) is 6.18.